The van der Waals surface area contributed by atoms with Crippen LogP contribution in [-0.2, 0) is 4.74 Å². The third-order valence-electron chi connectivity index (χ3n) is 5.27. The number of carbonyl (C=O) groups is 1. The fourth-order valence-corrected chi connectivity index (χ4v) is 4.05. The largest absolute Gasteiger partial charge is 0.465 e. The molecule has 4 nitrogen and oxygen atoms in total. The minimum Gasteiger partial charge on any atom is -0.465 e. The highest BCUT2D eigenvalue weighted by molar-refractivity contribution is 5.93. The number of hydrogen-bond acceptors (Lipinski definition) is 4. The molecule has 24 heavy (non-hydrogen) atoms. The molecule has 0 saturated heterocycles. The highest BCUT2D eigenvalue weighted by atomic mass is 16.5. The zero-order valence-electron chi connectivity index (χ0n) is 13.8. The summed E-state index contributed by atoms with van der Waals surface area (Å²) < 4.78 is 4.92. The van der Waals surface area contributed by atoms with E-state index < -0.39 is 0 Å². The Morgan fingerprint density at radius 3 is 2.79 bits per heavy atom. The Labute approximate surface area is 141 Å². The molecule has 2 heterocycles. The normalized spacial score (nSPS) is 24.0. The third-order valence-corrected chi connectivity index (χ3v) is 5.27. The predicted octanol–water partition coefficient (Wildman–Crippen LogP) is 4.00. The Balaban J connectivity index is 1.83. The average Bonchev–Trinajstić information content (AvgIpc) is 3.11. The van der Waals surface area contributed by atoms with Crippen molar-refractivity contribution in [2.75, 3.05) is 12.4 Å². The fraction of sp³-hybridized carbons (Fsp3) is 0.300. The van der Waals surface area contributed by atoms with Gasteiger partial charge < -0.3 is 10.1 Å². The molecule has 122 valence electrons. The van der Waals surface area contributed by atoms with E-state index in [1.165, 1.54) is 18.2 Å². The highest BCUT2D eigenvalue weighted by Crippen LogP contribution is 2.50. The van der Waals surface area contributed by atoms with E-state index >= 15 is 0 Å². The summed E-state index contributed by atoms with van der Waals surface area (Å²) in [6.07, 6.45) is 9.30. The Kier molecular flexibility index (Phi) is 3.60. The van der Waals surface area contributed by atoms with Gasteiger partial charge in [0.25, 0.3) is 0 Å². The second-order valence-electron chi connectivity index (χ2n) is 6.45. The summed E-state index contributed by atoms with van der Waals surface area (Å²) in [6.45, 7) is 1.99. The van der Waals surface area contributed by atoms with E-state index in [0.717, 1.165) is 17.7 Å². The molecule has 0 spiro atoms. The number of anilines is 1. The van der Waals surface area contributed by atoms with Gasteiger partial charge in [0.2, 0.25) is 0 Å². The zero-order valence-corrected chi connectivity index (χ0v) is 13.8. The van der Waals surface area contributed by atoms with E-state index in [1.54, 1.807) is 0 Å². The molecule has 1 aliphatic heterocycles. The van der Waals surface area contributed by atoms with E-state index in [0.29, 0.717) is 17.4 Å². The Hall–Kier alpha value is -2.62. The van der Waals surface area contributed by atoms with Crippen LogP contribution in [0, 0.1) is 12.8 Å². The number of benzene rings is 1. The first kappa shape index (κ1) is 14.9. The molecule has 1 N–H and O–H groups in total. The Morgan fingerprint density at radius 1 is 1.25 bits per heavy atom. The number of aromatic nitrogens is 1. The van der Waals surface area contributed by atoms with Crippen LogP contribution in [0.2, 0.25) is 0 Å². The van der Waals surface area contributed by atoms with E-state index in [-0.39, 0.29) is 12.0 Å². The van der Waals surface area contributed by atoms with Crippen LogP contribution in [0.5, 0.6) is 0 Å². The molecule has 2 aromatic rings. The van der Waals surface area contributed by atoms with Crippen molar-refractivity contribution in [3.63, 3.8) is 0 Å². The van der Waals surface area contributed by atoms with Crippen LogP contribution in [-0.4, -0.2) is 18.1 Å². The maximum Gasteiger partial charge on any atom is 0.338 e. The molecule has 1 aromatic carbocycles. The van der Waals surface area contributed by atoms with Crippen LogP contribution < -0.4 is 5.32 Å². The number of esters is 1. The van der Waals surface area contributed by atoms with Crippen molar-refractivity contribution >= 4 is 11.7 Å². The topological polar surface area (TPSA) is 51.2 Å². The van der Waals surface area contributed by atoms with Crippen molar-refractivity contribution in [2.24, 2.45) is 5.92 Å². The monoisotopic (exact) mass is 320 g/mol. The maximum absolute atomic E-state index is 12.0. The first-order chi connectivity index (χ1) is 11.7. The SMILES string of the molecule is COC(=O)c1ccc2c(c1C)N[C@H](c1ccncc1)[C@@H]1CC=C[C@H]21. The summed E-state index contributed by atoms with van der Waals surface area (Å²) in [4.78, 5) is 16.2. The number of hydrogen-bond donors (Lipinski definition) is 1. The van der Waals surface area contributed by atoms with Crippen molar-refractivity contribution in [3.8, 4) is 0 Å². The Morgan fingerprint density at radius 2 is 2.04 bits per heavy atom. The average molecular weight is 320 g/mol. The molecule has 0 saturated carbocycles. The van der Waals surface area contributed by atoms with Gasteiger partial charge in [-0.3, -0.25) is 4.98 Å². The van der Waals surface area contributed by atoms with Gasteiger partial charge in [-0.2, -0.15) is 0 Å². The summed E-state index contributed by atoms with van der Waals surface area (Å²) in [5, 5.41) is 3.70. The van der Waals surface area contributed by atoms with Crippen molar-refractivity contribution in [1.29, 1.82) is 0 Å². The second kappa shape index (κ2) is 5.78. The fourth-order valence-electron chi connectivity index (χ4n) is 4.05. The molecule has 0 amide bonds. The number of allylic oxidation sites excluding steroid dienone is 2. The molecule has 4 rings (SSSR count). The number of ether oxygens (including phenoxy) is 1. The van der Waals surface area contributed by atoms with Crippen LogP contribution in [0.3, 0.4) is 0 Å². The minimum absolute atomic E-state index is 0.215. The summed E-state index contributed by atoms with van der Waals surface area (Å²) in [5.41, 5.74) is 5.14. The predicted molar refractivity (Wildman–Crippen MR) is 93.1 cm³/mol. The van der Waals surface area contributed by atoms with Gasteiger partial charge in [0.1, 0.15) is 0 Å². The molecule has 1 aromatic heterocycles. The lowest BCUT2D eigenvalue weighted by molar-refractivity contribution is 0.0600. The van der Waals surface area contributed by atoms with Crippen LogP contribution >= 0.6 is 0 Å². The smallest absolute Gasteiger partial charge is 0.338 e. The van der Waals surface area contributed by atoms with Gasteiger partial charge in [0.15, 0.2) is 0 Å². The zero-order chi connectivity index (χ0) is 16.7. The number of rotatable bonds is 2. The number of nitrogens with one attached hydrogen (secondary N) is 1. The summed E-state index contributed by atoms with van der Waals surface area (Å²) >= 11 is 0. The summed E-state index contributed by atoms with van der Waals surface area (Å²) in [7, 11) is 1.42. The molecular formula is C20H20N2O2. The third kappa shape index (κ3) is 2.21. The summed E-state index contributed by atoms with van der Waals surface area (Å²) in [6, 6.07) is 8.30. The lowest BCUT2D eigenvalue weighted by atomic mass is 9.76. The van der Waals surface area contributed by atoms with Gasteiger partial charge in [-0.1, -0.05) is 18.2 Å². The lowest BCUT2D eigenvalue weighted by Crippen LogP contribution is -2.30. The van der Waals surface area contributed by atoms with Crippen LogP contribution in [0.15, 0.2) is 48.8 Å². The number of carbonyl (C=O) groups excluding carboxylic acids is 1. The minimum atomic E-state index is -0.290. The molecule has 0 unspecified atom stereocenters. The molecular weight excluding hydrogens is 300 g/mol. The van der Waals surface area contributed by atoms with E-state index in [1.807, 2.05) is 25.4 Å². The molecule has 2 aliphatic rings. The number of methoxy groups -OCH3 is 1. The molecule has 4 heteroatoms. The lowest BCUT2D eigenvalue weighted by Gasteiger charge is -2.38. The van der Waals surface area contributed by atoms with E-state index in [9.17, 15) is 4.79 Å². The number of fused-ring (bicyclic) bond motifs is 3. The molecule has 0 bridgehead atoms. The first-order valence-corrected chi connectivity index (χ1v) is 8.25. The molecule has 0 fully saturated rings. The molecule has 0 radical (unpaired) electrons. The van der Waals surface area contributed by atoms with Crippen molar-refractivity contribution in [2.45, 2.75) is 25.3 Å². The maximum atomic E-state index is 12.0. The van der Waals surface area contributed by atoms with Crippen molar-refractivity contribution < 1.29 is 9.53 Å². The molecule has 3 atom stereocenters. The summed E-state index contributed by atoms with van der Waals surface area (Å²) in [5.74, 6) is 0.578. The first-order valence-electron chi connectivity index (χ1n) is 8.25. The van der Waals surface area contributed by atoms with Crippen molar-refractivity contribution in [1.82, 2.24) is 4.98 Å². The Bertz CT molecular complexity index is 814. The molecule has 1 aliphatic carbocycles. The highest BCUT2D eigenvalue weighted by Gasteiger charge is 2.38. The number of pyridine rings is 1. The standard InChI is InChI=1S/C20H20N2O2/c1-12-14(20(23)24-2)6-7-17-15-4-3-5-16(15)19(22-18(12)17)13-8-10-21-11-9-13/h3-4,6-11,15-16,19,22H,5H2,1-2H3/t15-,16+,19+/m0/s1. The van der Waals surface area contributed by atoms with Gasteiger partial charge in [-0.15, -0.1) is 0 Å². The van der Waals surface area contributed by atoms with Gasteiger partial charge >= 0.3 is 5.97 Å². The van der Waals surface area contributed by atoms with Gasteiger partial charge in [0.05, 0.1) is 18.7 Å². The van der Waals surface area contributed by atoms with E-state index in [2.05, 4.69) is 40.7 Å². The van der Waals surface area contributed by atoms with Gasteiger partial charge in [-0.05, 0) is 54.2 Å². The van der Waals surface area contributed by atoms with Crippen LogP contribution in [0.4, 0.5) is 5.69 Å². The number of nitrogens with zero attached hydrogens (tertiary/aromatic N) is 1. The van der Waals surface area contributed by atoms with Crippen LogP contribution in [0.1, 0.15) is 45.4 Å². The second-order valence-corrected chi connectivity index (χ2v) is 6.45. The van der Waals surface area contributed by atoms with Gasteiger partial charge in [0, 0.05) is 24.0 Å². The van der Waals surface area contributed by atoms with E-state index in [4.69, 9.17) is 4.74 Å². The van der Waals surface area contributed by atoms with Gasteiger partial charge in [-0.25, -0.2) is 4.79 Å². The quantitative estimate of drug-likeness (QED) is 0.671. The van der Waals surface area contributed by atoms with Crippen molar-refractivity contribution in [3.05, 3.63) is 71.1 Å². The van der Waals surface area contributed by atoms with Crippen LogP contribution in [0.25, 0.3) is 0 Å².